The summed E-state index contributed by atoms with van der Waals surface area (Å²) in [5.41, 5.74) is 5.66. The van der Waals surface area contributed by atoms with Crippen LogP contribution in [0.25, 0.3) is 10.9 Å². The molecule has 3 amide bonds. The molecule has 6 atom stereocenters. The van der Waals surface area contributed by atoms with E-state index in [1.807, 2.05) is 33.8 Å². The molecule has 4 fully saturated rings. The molecular weight excluding hydrogens is 742 g/mol. The van der Waals surface area contributed by atoms with E-state index in [0.29, 0.717) is 68.4 Å². The number of pyridine rings is 1. The van der Waals surface area contributed by atoms with E-state index in [4.69, 9.17) is 41.3 Å². The Kier molecular flexibility index (Phi) is 11.2. The number of amides is 3. The van der Waals surface area contributed by atoms with E-state index in [0.717, 1.165) is 37.5 Å². The maximum atomic E-state index is 14.2. The molecule has 53 heavy (non-hydrogen) atoms. The first-order chi connectivity index (χ1) is 25.3. The molecule has 3 aromatic rings. The zero-order chi connectivity index (χ0) is 37.4. The summed E-state index contributed by atoms with van der Waals surface area (Å²) in [5, 5.41) is 13.5. The Morgan fingerprint density at radius 2 is 1.85 bits per heavy atom. The lowest BCUT2D eigenvalue weighted by Gasteiger charge is -2.35. The van der Waals surface area contributed by atoms with Crippen LogP contribution in [0.3, 0.4) is 0 Å². The standard InChI is InChI=1S/C36H46ClN7O7S2/c1-19-41-42-35(52-19)53-28-17-27(24-5-6-26(29(37)30(24)39-28)49-12-9-43-7-10-48-11-8-43)50-23-16-25(32(38)45)44(18-23)33(46)31(36(2,3)4)40-34(47)51-22-14-20-13-21(20)15-22/h5-6,17,20-23,25,31H,7-16,18H2,1-4H3,(H2,38,45)(H,40,47)/t20-,21+,22?,23?,25-,31+/m0/s1. The molecule has 2 unspecified atom stereocenters. The number of rotatable bonds is 12. The highest BCUT2D eigenvalue weighted by Gasteiger charge is 2.48. The zero-order valence-electron chi connectivity index (χ0n) is 30.3. The number of likely N-dealkylation sites (tertiary alicyclic amines) is 1. The van der Waals surface area contributed by atoms with E-state index in [1.165, 1.54) is 34.4 Å². The van der Waals surface area contributed by atoms with Crippen molar-refractivity contribution in [2.24, 2.45) is 23.0 Å². The van der Waals surface area contributed by atoms with Crippen molar-refractivity contribution in [2.45, 2.75) is 87.0 Å². The number of ether oxygens (including phenoxy) is 4. The molecule has 0 bridgehead atoms. The second kappa shape index (κ2) is 15.7. The molecule has 17 heteroatoms. The lowest BCUT2D eigenvalue weighted by Crippen LogP contribution is -2.57. The van der Waals surface area contributed by atoms with E-state index in [9.17, 15) is 14.4 Å². The van der Waals surface area contributed by atoms with Crippen LogP contribution in [0.1, 0.15) is 51.5 Å². The number of aromatic nitrogens is 3. The summed E-state index contributed by atoms with van der Waals surface area (Å²) < 4.78 is 24.6. The molecule has 2 aliphatic heterocycles. The fraction of sp³-hybridized carbons (Fsp3) is 0.611. The van der Waals surface area contributed by atoms with Crippen LogP contribution in [0.15, 0.2) is 27.6 Å². The van der Waals surface area contributed by atoms with Crippen LogP contribution in [0, 0.1) is 24.2 Å². The minimum absolute atomic E-state index is 0.0695. The molecule has 4 aliphatic rings. The second-order valence-electron chi connectivity index (χ2n) is 15.3. The number of hydrogen-bond acceptors (Lipinski definition) is 13. The Hall–Kier alpha value is -3.44. The third-order valence-electron chi connectivity index (χ3n) is 10.3. The van der Waals surface area contributed by atoms with Crippen molar-refractivity contribution >= 4 is 63.5 Å². The van der Waals surface area contributed by atoms with E-state index in [-0.39, 0.29) is 19.1 Å². The molecule has 2 saturated heterocycles. The van der Waals surface area contributed by atoms with E-state index >= 15 is 0 Å². The first kappa shape index (κ1) is 37.9. The Balaban J connectivity index is 1.11. The minimum atomic E-state index is -0.966. The average molecular weight is 788 g/mol. The number of hydrogen-bond donors (Lipinski definition) is 2. The predicted octanol–water partition coefficient (Wildman–Crippen LogP) is 4.68. The van der Waals surface area contributed by atoms with Crippen molar-refractivity contribution < 1.29 is 33.3 Å². The Morgan fingerprint density at radius 1 is 1.09 bits per heavy atom. The van der Waals surface area contributed by atoms with Crippen LogP contribution in [0.5, 0.6) is 11.5 Å². The first-order valence-corrected chi connectivity index (χ1v) is 20.1. The Morgan fingerprint density at radius 3 is 2.53 bits per heavy atom. The van der Waals surface area contributed by atoms with Crippen molar-refractivity contribution in [1.82, 2.24) is 30.3 Å². The molecule has 4 heterocycles. The number of halogens is 1. The van der Waals surface area contributed by atoms with Crippen molar-refractivity contribution in [1.29, 1.82) is 0 Å². The summed E-state index contributed by atoms with van der Waals surface area (Å²) in [4.78, 5) is 48.6. The molecule has 2 aliphatic carbocycles. The topological polar surface area (TPSA) is 171 Å². The summed E-state index contributed by atoms with van der Waals surface area (Å²) in [6.45, 7) is 11.8. The maximum Gasteiger partial charge on any atom is 0.408 e. The third-order valence-corrected chi connectivity index (χ3v) is 12.5. The van der Waals surface area contributed by atoms with Crippen LogP contribution in [0.2, 0.25) is 5.02 Å². The average Bonchev–Trinajstić information content (AvgIpc) is 3.39. The molecular formula is C36H46ClN7O7S2. The van der Waals surface area contributed by atoms with Gasteiger partial charge in [0.1, 0.15) is 57.5 Å². The van der Waals surface area contributed by atoms with Gasteiger partial charge in [0.25, 0.3) is 0 Å². The molecule has 14 nitrogen and oxygen atoms in total. The number of benzene rings is 1. The van der Waals surface area contributed by atoms with Crippen LogP contribution in [-0.4, -0.2) is 113 Å². The lowest BCUT2D eigenvalue weighted by molar-refractivity contribution is -0.141. The number of fused-ring (bicyclic) bond motifs is 2. The number of primary amides is 1. The monoisotopic (exact) mass is 787 g/mol. The molecule has 7 rings (SSSR count). The number of morpholine rings is 1. The highest BCUT2D eigenvalue weighted by atomic mass is 35.5. The molecule has 286 valence electrons. The van der Waals surface area contributed by atoms with Gasteiger partial charge < -0.3 is 34.9 Å². The quantitative estimate of drug-likeness (QED) is 0.260. The number of nitrogens with two attached hydrogens (primary N) is 1. The van der Waals surface area contributed by atoms with Gasteiger partial charge in [-0.1, -0.05) is 43.7 Å². The fourth-order valence-electron chi connectivity index (χ4n) is 7.42. The summed E-state index contributed by atoms with van der Waals surface area (Å²) >= 11 is 9.74. The van der Waals surface area contributed by atoms with Gasteiger partial charge in [-0.3, -0.25) is 14.5 Å². The van der Waals surface area contributed by atoms with Gasteiger partial charge in [0.15, 0.2) is 4.34 Å². The van der Waals surface area contributed by atoms with Crippen molar-refractivity contribution in [3.05, 3.63) is 28.2 Å². The molecule has 2 saturated carbocycles. The van der Waals surface area contributed by atoms with Gasteiger partial charge in [-0.15, -0.1) is 10.2 Å². The number of carbonyl (C=O) groups is 3. The molecule has 1 aromatic carbocycles. The van der Waals surface area contributed by atoms with Crippen LogP contribution < -0.4 is 20.5 Å². The summed E-state index contributed by atoms with van der Waals surface area (Å²) in [5.74, 6) is 1.16. The van der Waals surface area contributed by atoms with Gasteiger partial charge in [-0.05, 0) is 67.3 Å². The number of alkyl carbamates (subject to hydrolysis) is 1. The minimum Gasteiger partial charge on any atom is -0.491 e. The lowest BCUT2D eigenvalue weighted by atomic mass is 9.85. The molecule has 2 aromatic heterocycles. The van der Waals surface area contributed by atoms with Crippen molar-refractivity contribution in [2.75, 3.05) is 46.0 Å². The number of aryl methyl sites for hydroxylation is 1. The Labute approximate surface area is 321 Å². The third kappa shape index (κ3) is 8.93. The Bertz CT molecular complexity index is 1840. The molecule has 0 radical (unpaired) electrons. The summed E-state index contributed by atoms with van der Waals surface area (Å²) in [7, 11) is 0. The maximum absolute atomic E-state index is 14.2. The number of carbonyl (C=O) groups excluding carboxylic acids is 3. The van der Waals surface area contributed by atoms with Gasteiger partial charge in [0, 0.05) is 37.5 Å². The van der Waals surface area contributed by atoms with Gasteiger partial charge >= 0.3 is 6.09 Å². The van der Waals surface area contributed by atoms with Gasteiger partial charge in [0.05, 0.1) is 25.3 Å². The van der Waals surface area contributed by atoms with E-state index in [2.05, 4.69) is 20.4 Å². The summed E-state index contributed by atoms with van der Waals surface area (Å²) in [6, 6.07) is 3.53. The van der Waals surface area contributed by atoms with Gasteiger partial charge in [-0.2, -0.15) is 0 Å². The fourth-order valence-corrected chi connectivity index (χ4v) is 9.44. The van der Waals surface area contributed by atoms with Crippen molar-refractivity contribution in [3.8, 4) is 11.5 Å². The first-order valence-electron chi connectivity index (χ1n) is 18.1. The number of nitrogens with one attached hydrogen (secondary N) is 1. The highest BCUT2D eigenvalue weighted by molar-refractivity contribution is 8.01. The largest absolute Gasteiger partial charge is 0.491 e. The number of nitrogens with zero attached hydrogens (tertiary/aromatic N) is 5. The van der Waals surface area contributed by atoms with Gasteiger partial charge in [0.2, 0.25) is 11.8 Å². The highest BCUT2D eigenvalue weighted by Crippen LogP contribution is 2.52. The summed E-state index contributed by atoms with van der Waals surface area (Å²) in [6.07, 6.45) is 1.70. The van der Waals surface area contributed by atoms with Crippen LogP contribution in [-0.2, 0) is 19.1 Å². The van der Waals surface area contributed by atoms with E-state index in [1.54, 1.807) is 12.1 Å². The van der Waals surface area contributed by atoms with Crippen LogP contribution in [0.4, 0.5) is 4.79 Å². The van der Waals surface area contributed by atoms with Crippen LogP contribution >= 0.6 is 34.7 Å². The van der Waals surface area contributed by atoms with E-state index < -0.39 is 41.5 Å². The zero-order valence-corrected chi connectivity index (χ0v) is 32.7. The second-order valence-corrected chi connectivity index (χ2v) is 18.1. The SMILES string of the molecule is Cc1nnc(Sc2cc(OC3C[C@@H](C(N)=O)N(C(=O)[C@@H](NC(=O)OC4C[C@@H]5C[C@@H]5C4)C(C)(C)C)C3)c3ccc(OCCN4CCOCC4)c(Cl)c3n2)s1. The smallest absolute Gasteiger partial charge is 0.408 e. The van der Waals surface area contributed by atoms with Crippen molar-refractivity contribution in [3.63, 3.8) is 0 Å². The molecule has 0 spiro atoms. The predicted molar refractivity (Wildman–Crippen MR) is 199 cm³/mol. The normalized spacial score (nSPS) is 24.8. The molecule has 3 N–H and O–H groups in total. The van der Waals surface area contributed by atoms with Gasteiger partial charge in [-0.25, -0.2) is 9.78 Å².